The minimum Gasteiger partial charge on any atom is -0.457 e. The molecule has 0 amide bonds. The maximum atomic E-state index is 12.5. The first-order valence-electron chi connectivity index (χ1n) is 8.99. The summed E-state index contributed by atoms with van der Waals surface area (Å²) in [5.41, 5.74) is 1.80. The number of ketones is 1. The van der Waals surface area contributed by atoms with Crippen LogP contribution in [0.2, 0.25) is 0 Å². The van der Waals surface area contributed by atoms with Gasteiger partial charge in [0.05, 0.1) is 13.2 Å². The predicted octanol–water partition coefficient (Wildman–Crippen LogP) is 4.60. The first kappa shape index (κ1) is 22.6. The topological polar surface area (TPSA) is 78.9 Å². The molecule has 0 aliphatic carbocycles. The molecule has 0 aromatic heterocycles. The van der Waals surface area contributed by atoms with Crippen molar-refractivity contribution in [2.24, 2.45) is 0 Å². The lowest BCUT2D eigenvalue weighted by Gasteiger charge is -2.20. The molecule has 146 valence electrons. The van der Waals surface area contributed by atoms with E-state index in [9.17, 15) is 14.2 Å². The Kier molecular flexibility index (Phi) is 9.78. The van der Waals surface area contributed by atoms with Crippen molar-refractivity contribution in [3.63, 3.8) is 0 Å². The Morgan fingerprint density at radius 1 is 1.04 bits per heavy atom. The highest BCUT2D eigenvalue weighted by Gasteiger charge is 2.30. The summed E-state index contributed by atoms with van der Waals surface area (Å²) < 4.78 is 28.4. The largest absolute Gasteiger partial charge is 0.457 e. The van der Waals surface area contributed by atoms with Crippen molar-refractivity contribution in [1.29, 1.82) is 0 Å². The monoisotopic (exact) mass is 384 g/mol. The number of hydrogen-bond donors (Lipinski definition) is 0. The molecule has 0 aliphatic rings. The van der Waals surface area contributed by atoms with Crippen molar-refractivity contribution in [3.8, 4) is 0 Å². The van der Waals surface area contributed by atoms with Gasteiger partial charge in [-0.3, -0.25) is 14.2 Å². The zero-order valence-electron chi connectivity index (χ0n) is 16.0. The Hall–Kier alpha value is -1.49. The van der Waals surface area contributed by atoms with Gasteiger partial charge in [0.1, 0.15) is 18.0 Å². The minimum atomic E-state index is -3.47. The van der Waals surface area contributed by atoms with Crippen LogP contribution in [0.1, 0.15) is 57.3 Å². The summed E-state index contributed by atoms with van der Waals surface area (Å²) in [7, 11) is -3.47. The molecule has 0 saturated carbocycles. The molecule has 0 N–H and O–H groups in total. The SMILES string of the molecule is CCCC(=O)OC(CC(=O)CP(=O)(OCC)OCC)c1ccc(C)cc1. The van der Waals surface area contributed by atoms with Crippen LogP contribution in [0.3, 0.4) is 0 Å². The maximum Gasteiger partial charge on any atom is 0.338 e. The fraction of sp³-hybridized carbons (Fsp3) is 0.579. The van der Waals surface area contributed by atoms with Gasteiger partial charge in [-0.2, -0.15) is 0 Å². The summed E-state index contributed by atoms with van der Waals surface area (Å²) in [5.74, 6) is -0.686. The summed E-state index contributed by atoms with van der Waals surface area (Å²) in [6.45, 7) is 7.60. The molecule has 7 heteroatoms. The van der Waals surface area contributed by atoms with E-state index in [2.05, 4.69) is 0 Å². The van der Waals surface area contributed by atoms with Crippen molar-refractivity contribution in [3.05, 3.63) is 35.4 Å². The zero-order chi connectivity index (χ0) is 19.6. The second kappa shape index (κ2) is 11.3. The molecule has 1 atom stereocenters. The van der Waals surface area contributed by atoms with Crippen molar-refractivity contribution in [2.45, 2.75) is 53.1 Å². The van der Waals surface area contributed by atoms with Crippen molar-refractivity contribution in [1.82, 2.24) is 0 Å². The molecule has 1 aromatic rings. The summed E-state index contributed by atoms with van der Waals surface area (Å²) in [4.78, 5) is 24.4. The second-order valence-electron chi connectivity index (χ2n) is 5.99. The van der Waals surface area contributed by atoms with E-state index in [-0.39, 0.29) is 44.0 Å². The smallest absolute Gasteiger partial charge is 0.338 e. The van der Waals surface area contributed by atoms with E-state index >= 15 is 0 Å². The molecule has 1 aromatic carbocycles. The predicted molar refractivity (Wildman–Crippen MR) is 100 cm³/mol. The lowest BCUT2D eigenvalue weighted by atomic mass is 10.0. The Morgan fingerprint density at radius 2 is 1.62 bits per heavy atom. The minimum absolute atomic E-state index is 0.0668. The highest BCUT2D eigenvalue weighted by atomic mass is 31.2. The normalized spacial score (nSPS) is 12.6. The van der Waals surface area contributed by atoms with Crippen LogP contribution in [-0.4, -0.2) is 31.1 Å². The molecule has 0 heterocycles. The van der Waals surface area contributed by atoms with Gasteiger partial charge in [-0.05, 0) is 32.8 Å². The molecule has 1 unspecified atom stereocenters. The summed E-state index contributed by atoms with van der Waals surface area (Å²) >= 11 is 0. The number of rotatable bonds is 12. The van der Waals surface area contributed by atoms with E-state index in [1.165, 1.54) is 0 Å². The highest BCUT2D eigenvalue weighted by molar-refractivity contribution is 7.54. The van der Waals surface area contributed by atoms with Gasteiger partial charge in [0, 0.05) is 12.8 Å². The maximum absolute atomic E-state index is 12.5. The molecule has 0 fully saturated rings. The van der Waals surface area contributed by atoms with Crippen LogP contribution in [0.4, 0.5) is 0 Å². The first-order chi connectivity index (χ1) is 12.3. The molecule has 0 spiro atoms. The molecule has 0 saturated heterocycles. The fourth-order valence-corrected chi connectivity index (χ4v) is 4.04. The van der Waals surface area contributed by atoms with Gasteiger partial charge in [-0.1, -0.05) is 36.8 Å². The number of Topliss-reactive ketones (excluding diaryl/α,β-unsaturated/α-hetero) is 1. The van der Waals surface area contributed by atoms with Gasteiger partial charge in [-0.15, -0.1) is 0 Å². The molecule has 1 rings (SSSR count). The molecule has 0 radical (unpaired) electrons. The first-order valence-corrected chi connectivity index (χ1v) is 10.7. The quantitative estimate of drug-likeness (QED) is 0.387. The van der Waals surface area contributed by atoms with Gasteiger partial charge >= 0.3 is 13.6 Å². The number of hydrogen-bond acceptors (Lipinski definition) is 6. The summed E-state index contributed by atoms with van der Waals surface area (Å²) in [6.07, 6.45) is -0.159. The zero-order valence-corrected chi connectivity index (χ0v) is 16.9. The van der Waals surface area contributed by atoms with Crippen LogP contribution in [0, 0.1) is 6.92 Å². The van der Waals surface area contributed by atoms with Gasteiger partial charge in [0.2, 0.25) is 0 Å². The van der Waals surface area contributed by atoms with Crippen molar-refractivity contribution < 1.29 is 27.9 Å². The van der Waals surface area contributed by atoms with Crippen molar-refractivity contribution >= 4 is 19.3 Å². The standard InChI is InChI=1S/C19H29O6P/c1-5-8-19(21)25-18(16-11-9-15(4)10-12-16)13-17(20)14-26(22,23-6-2)24-7-3/h9-12,18H,5-8,13-14H2,1-4H3. The lowest BCUT2D eigenvalue weighted by molar-refractivity contribution is -0.150. The van der Waals surface area contributed by atoms with Gasteiger partial charge in [0.25, 0.3) is 0 Å². The third kappa shape index (κ3) is 7.81. The molecule has 26 heavy (non-hydrogen) atoms. The summed E-state index contributed by atoms with van der Waals surface area (Å²) in [6, 6.07) is 7.45. The molecule has 6 nitrogen and oxygen atoms in total. The van der Waals surface area contributed by atoms with Crippen LogP contribution in [-0.2, 0) is 27.9 Å². The third-order valence-electron chi connectivity index (χ3n) is 3.61. The fourth-order valence-electron chi connectivity index (χ4n) is 2.44. The van der Waals surface area contributed by atoms with E-state index in [1.807, 2.05) is 38.1 Å². The van der Waals surface area contributed by atoms with Crippen LogP contribution in [0.5, 0.6) is 0 Å². The number of esters is 1. The number of aryl methyl sites for hydroxylation is 1. The van der Waals surface area contributed by atoms with E-state index in [0.29, 0.717) is 6.42 Å². The molecular weight excluding hydrogens is 355 g/mol. The van der Waals surface area contributed by atoms with E-state index in [4.69, 9.17) is 13.8 Å². The number of carbonyl (C=O) groups excluding carboxylic acids is 2. The van der Waals surface area contributed by atoms with Gasteiger partial charge < -0.3 is 13.8 Å². The van der Waals surface area contributed by atoms with Crippen molar-refractivity contribution in [2.75, 3.05) is 19.4 Å². The Labute approximate surface area is 155 Å². The average molecular weight is 384 g/mol. The molecule has 0 aliphatic heterocycles. The number of carbonyl (C=O) groups is 2. The summed E-state index contributed by atoms with van der Waals surface area (Å²) in [5, 5.41) is 0. The third-order valence-corrected chi connectivity index (χ3v) is 5.65. The van der Waals surface area contributed by atoms with E-state index in [1.54, 1.807) is 13.8 Å². The van der Waals surface area contributed by atoms with Gasteiger partial charge in [0.15, 0.2) is 0 Å². The number of benzene rings is 1. The Morgan fingerprint density at radius 3 is 2.12 bits per heavy atom. The highest BCUT2D eigenvalue weighted by Crippen LogP contribution is 2.48. The number of ether oxygens (including phenoxy) is 1. The van der Waals surface area contributed by atoms with E-state index < -0.39 is 13.7 Å². The average Bonchev–Trinajstić information content (AvgIpc) is 2.55. The van der Waals surface area contributed by atoms with Gasteiger partial charge in [-0.25, -0.2) is 0 Å². The molecule has 0 bridgehead atoms. The Bertz CT molecular complexity index is 615. The van der Waals surface area contributed by atoms with E-state index in [0.717, 1.165) is 11.1 Å². The van der Waals surface area contributed by atoms with Crippen LogP contribution >= 0.6 is 7.60 Å². The second-order valence-corrected chi connectivity index (χ2v) is 8.04. The van der Waals surface area contributed by atoms with Crippen LogP contribution in [0.25, 0.3) is 0 Å². The van der Waals surface area contributed by atoms with Crippen LogP contribution in [0.15, 0.2) is 24.3 Å². The lowest BCUT2D eigenvalue weighted by Crippen LogP contribution is -2.18. The molecular formula is C19H29O6P. The van der Waals surface area contributed by atoms with Crippen LogP contribution < -0.4 is 0 Å². The Balaban J connectivity index is 2.89.